The van der Waals surface area contributed by atoms with Crippen molar-refractivity contribution in [1.82, 2.24) is 10.2 Å². The van der Waals surface area contributed by atoms with Crippen LogP contribution >= 0.6 is 0 Å². The number of aromatic hydroxyl groups is 1. The van der Waals surface area contributed by atoms with E-state index < -0.39 is 0 Å². The van der Waals surface area contributed by atoms with E-state index in [-0.39, 0.29) is 11.1 Å². The molecule has 3 heteroatoms. The monoisotopic (exact) mass is 262 g/mol. The van der Waals surface area contributed by atoms with Crippen molar-refractivity contribution in [1.29, 1.82) is 0 Å². The molecule has 0 aliphatic carbocycles. The minimum Gasteiger partial charge on any atom is -0.508 e. The van der Waals surface area contributed by atoms with Crippen molar-refractivity contribution in [2.45, 2.75) is 51.7 Å². The molecule has 0 bridgehead atoms. The molecule has 106 valence electrons. The van der Waals surface area contributed by atoms with Gasteiger partial charge in [0.15, 0.2) is 0 Å². The fraction of sp³-hybridized carbons (Fsp3) is 0.625. The maximum atomic E-state index is 9.37. The average molecular weight is 262 g/mol. The van der Waals surface area contributed by atoms with Crippen LogP contribution in [0.4, 0.5) is 0 Å². The van der Waals surface area contributed by atoms with Crippen molar-refractivity contribution < 1.29 is 5.11 Å². The van der Waals surface area contributed by atoms with Crippen molar-refractivity contribution in [2.24, 2.45) is 0 Å². The topological polar surface area (TPSA) is 35.5 Å². The molecule has 1 aliphatic rings. The van der Waals surface area contributed by atoms with Gasteiger partial charge in [-0.15, -0.1) is 0 Å². The maximum absolute atomic E-state index is 9.37. The Hall–Kier alpha value is -1.06. The molecule has 1 fully saturated rings. The van der Waals surface area contributed by atoms with Gasteiger partial charge in [-0.05, 0) is 44.9 Å². The second-order valence-corrected chi connectivity index (χ2v) is 6.61. The summed E-state index contributed by atoms with van der Waals surface area (Å²) in [5, 5.41) is 13.0. The molecule has 2 N–H and O–H groups in total. The Morgan fingerprint density at radius 1 is 1.21 bits per heavy atom. The Balaban J connectivity index is 2.16. The Kier molecular flexibility index (Phi) is 3.88. The normalized spacial score (nSPS) is 27.4. The molecule has 1 heterocycles. The van der Waals surface area contributed by atoms with E-state index in [4.69, 9.17) is 0 Å². The summed E-state index contributed by atoms with van der Waals surface area (Å²) in [5.41, 5.74) is 1.62. The summed E-state index contributed by atoms with van der Waals surface area (Å²) < 4.78 is 0. The van der Waals surface area contributed by atoms with E-state index >= 15 is 0 Å². The summed E-state index contributed by atoms with van der Waals surface area (Å²) in [6.07, 6.45) is 1.13. The smallest absolute Gasteiger partial charge is 0.115 e. The molecule has 2 rings (SSSR count). The van der Waals surface area contributed by atoms with Crippen LogP contribution in [0.15, 0.2) is 24.3 Å². The van der Waals surface area contributed by atoms with Gasteiger partial charge < -0.3 is 10.4 Å². The molecule has 1 saturated heterocycles. The zero-order valence-corrected chi connectivity index (χ0v) is 12.5. The van der Waals surface area contributed by atoms with E-state index in [1.165, 1.54) is 5.56 Å². The first-order valence-electron chi connectivity index (χ1n) is 7.13. The number of piperazine rings is 1. The van der Waals surface area contributed by atoms with Gasteiger partial charge in [0.05, 0.1) is 0 Å². The molecule has 0 aromatic heterocycles. The van der Waals surface area contributed by atoms with E-state index in [2.05, 4.69) is 37.9 Å². The molecular weight excluding hydrogens is 236 g/mol. The SMILES string of the molecule is CCC1(C)CNC(C)(C)CN1Cc1ccc(O)cc1. The van der Waals surface area contributed by atoms with Gasteiger partial charge in [-0.25, -0.2) is 0 Å². The molecule has 1 aromatic rings. The first-order chi connectivity index (χ1) is 8.85. The van der Waals surface area contributed by atoms with E-state index in [9.17, 15) is 5.11 Å². The summed E-state index contributed by atoms with van der Waals surface area (Å²) in [4.78, 5) is 2.57. The highest BCUT2D eigenvalue weighted by Gasteiger charge is 2.39. The number of benzene rings is 1. The highest BCUT2D eigenvalue weighted by Crippen LogP contribution is 2.28. The first-order valence-corrected chi connectivity index (χ1v) is 7.13. The number of rotatable bonds is 3. The van der Waals surface area contributed by atoms with Gasteiger partial charge in [0.25, 0.3) is 0 Å². The Labute approximate surface area is 116 Å². The Morgan fingerprint density at radius 3 is 2.42 bits per heavy atom. The lowest BCUT2D eigenvalue weighted by Gasteiger charge is -2.51. The predicted molar refractivity (Wildman–Crippen MR) is 79.3 cm³/mol. The van der Waals surface area contributed by atoms with Crippen LogP contribution in [-0.2, 0) is 6.54 Å². The number of nitrogens with one attached hydrogen (secondary N) is 1. The Morgan fingerprint density at radius 2 is 1.84 bits per heavy atom. The average Bonchev–Trinajstić information content (AvgIpc) is 2.37. The number of nitrogens with zero attached hydrogens (tertiary/aromatic N) is 1. The minimum absolute atomic E-state index is 0.158. The largest absolute Gasteiger partial charge is 0.508 e. The van der Waals surface area contributed by atoms with Crippen LogP contribution in [0.3, 0.4) is 0 Å². The zero-order valence-electron chi connectivity index (χ0n) is 12.5. The molecule has 19 heavy (non-hydrogen) atoms. The quantitative estimate of drug-likeness (QED) is 0.879. The van der Waals surface area contributed by atoms with Crippen molar-refractivity contribution in [3.63, 3.8) is 0 Å². The molecule has 1 atom stereocenters. The summed E-state index contributed by atoms with van der Waals surface area (Å²) in [6.45, 7) is 12.1. The van der Waals surface area contributed by atoms with E-state index in [1.54, 1.807) is 12.1 Å². The minimum atomic E-state index is 0.158. The molecule has 0 radical (unpaired) electrons. The number of hydrogen-bond acceptors (Lipinski definition) is 3. The summed E-state index contributed by atoms with van der Waals surface area (Å²) in [5.74, 6) is 0.336. The second-order valence-electron chi connectivity index (χ2n) is 6.61. The van der Waals surface area contributed by atoms with Crippen LogP contribution < -0.4 is 5.32 Å². The van der Waals surface area contributed by atoms with Crippen LogP contribution in [-0.4, -0.2) is 34.2 Å². The van der Waals surface area contributed by atoms with Crippen LogP contribution in [0.25, 0.3) is 0 Å². The molecular formula is C16H26N2O. The fourth-order valence-electron chi connectivity index (χ4n) is 2.68. The van der Waals surface area contributed by atoms with Crippen LogP contribution in [0.5, 0.6) is 5.75 Å². The van der Waals surface area contributed by atoms with Gasteiger partial charge in [-0.2, -0.15) is 0 Å². The lowest BCUT2D eigenvalue weighted by Crippen LogP contribution is -2.66. The molecule has 1 unspecified atom stereocenters. The first kappa shape index (κ1) is 14.4. The van der Waals surface area contributed by atoms with Gasteiger partial charge in [0.2, 0.25) is 0 Å². The van der Waals surface area contributed by atoms with E-state index in [0.717, 1.165) is 26.1 Å². The summed E-state index contributed by atoms with van der Waals surface area (Å²) >= 11 is 0. The number of hydrogen-bond donors (Lipinski definition) is 2. The lowest BCUT2D eigenvalue weighted by molar-refractivity contribution is 0.0175. The van der Waals surface area contributed by atoms with E-state index in [1.807, 2.05) is 12.1 Å². The molecule has 0 saturated carbocycles. The third kappa shape index (κ3) is 3.28. The molecule has 1 aromatic carbocycles. The third-order valence-electron chi connectivity index (χ3n) is 4.37. The maximum Gasteiger partial charge on any atom is 0.115 e. The van der Waals surface area contributed by atoms with Gasteiger partial charge in [-0.3, -0.25) is 4.90 Å². The standard InChI is InChI=1S/C16H26N2O/c1-5-16(4)11-17-15(2,3)12-18(16)10-13-6-8-14(19)9-7-13/h6-9,17,19H,5,10-12H2,1-4H3. The Bertz CT molecular complexity index is 427. The van der Waals surface area contributed by atoms with Crippen molar-refractivity contribution in [3.05, 3.63) is 29.8 Å². The van der Waals surface area contributed by atoms with Crippen LogP contribution in [0.1, 0.15) is 39.7 Å². The highest BCUT2D eigenvalue weighted by atomic mass is 16.3. The highest BCUT2D eigenvalue weighted by molar-refractivity contribution is 5.26. The third-order valence-corrected chi connectivity index (χ3v) is 4.37. The van der Waals surface area contributed by atoms with Gasteiger partial charge >= 0.3 is 0 Å². The fourth-order valence-corrected chi connectivity index (χ4v) is 2.68. The van der Waals surface area contributed by atoms with Crippen molar-refractivity contribution in [2.75, 3.05) is 13.1 Å². The second kappa shape index (κ2) is 5.14. The lowest BCUT2D eigenvalue weighted by atomic mass is 9.87. The van der Waals surface area contributed by atoms with Crippen LogP contribution in [0, 0.1) is 0 Å². The predicted octanol–water partition coefficient (Wildman–Crippen LogP) is 2.74. The van der Waals surface area contributed by atoms with Crippen LogP contribution in [0.2, 0.25) is 0 Å². The molecule has 0 amide bonds. The van der Waals surface area contributed by atoms with Crippen molar-refractivity contribution >= 4 is 0 Å². The molecule has 3 nitrogen and oxygen atoms in total. The van der Waals surface area contributed by atoms with E-state index in [0.29, 0.717) is 5.75 Å². The van der Waals surface area contributed by atoms with Gasteiger partial charge in [0.1, 0.15) is 5.75 Å². The number of phenols is 1. The number of phenolic OH excluding ortho intramolecular Hbond substituents is 1. The van der Waals surface area contributed by atoms with Gasteiger partial charge in [0, 0.05) is 30.7 Å². The molecule has 1 aliphatic heterocycles. The van der Waals surface area contributed by atoms with Crippen molar-refractivity contribution in [3.8, 4) is 5.75 Å². The zero-order chi connectivity index (χ0) is 14.1. The summed E-state index contributed by atoms with van der Waals surface area (Å²) in [6, 6.07) is 7.57. The summed E-state index contributed by atoms with van der Waals surface area (Å²) in [7, 11) is 0. The molecule has 0 spiro atoms. The van der Waals surface area contributed by atoms with Gasteiger partial charge in [-0.1, -0.05) is 19.1 Å².